The maximum Gasteiger partial charge on any atom is 0.251 e. The number of methoxy groups -OCH3 is 1. The average Bonchev–Trinajstić information content (AvgIpc) is 3.49. The van der Waals surface area contributed by atoms with Gasteiger partial charge < -0.3 is 19.3 Å². The lowest BCUT2D eigenvalue weighted by Crippen LogP contribution is -2.63. The third-order valence-corrected chi connectivity index (χ3v) is 9.47. The lowest BCUT2D eigenvalue weighted by molar-refractivity contribution is -0.147. The van der Waals surface area contributed by atoms with Crippen molar-refractivity contribution in [3.63, 3.8) is 0 Å². The van der Waals surface area contributed by atoms with Crippen LogP contribution in [0.4, 0.5) is 0 Å². The van der Waals surface area contributed by atoms with E-state index in [4.69, 9.17) is 9.47 Å². The van der Waals surface area contributed by atoms with E-state index in [9.17, 15) is 9.59 Å². The number of hydrogen-bond acceptors (Lipinski definition) is 7. The molecule has 1 atom stereocenters. The SMILES string of the molecule is COC1CCC(C2CNC(NC3CCC(C(=O)N4CCN(C(=O)C5CCCO5)CC4)CC3)NC2)CC1. The van der Waals surface area contributed by atoms with Gasteiger partial charge in [0, 0.05) is 64.9 Å². The third-order valence-electron chi connectivity index (χ3n) is 9.47. The van der Waals surface area contributed by atoms with E-state index in [1.54, 1.807) is 0 Å². The van der Waals surface area contributed by atoms with Crippen molar-refractivity contribution < 1.29 is 19.1 Å². The molecule has 5 rings (SSSR count). The van der Waals surface area contributed by atoms with Gasteiger partial charge in [-0.2, -0.15) is 0 Å². The van der Waals surface area contributed by atoms with Crippen molar-refractivity contribution in [1.29, 1.82) is 0 Å². The number of rotatable bonds is 6. The summed E-state index contributed by atoms with van der Waals surface area (Å²) in [5, 5.41) is 11.1. The van der Waals surface area contributed by atoms with Gasteiger partial charge in [-0.1, -0.05) is 0 Å². The number of ether oxygens (including phenoxy) is 2. The largest absolute Gasteiger partial charge is 0.381 e. The molecular weight excluding hydrogens is 458 g/mol. The summed E-state index contributed by atoms with van der Waals surface area (Å²) < 4.78 is 11.1. The number of nitrogens with one attached hydrogen (secondary N) is 3. The summed E-state index contributed by atoms with van der Waals surface area (Å²) in [6, 6.07) is 0.452. The first-order valence-electron chi connectivity index (χ1n) is 14.6. The number of piperazine rings is 1. The molecular formula is C27H47N5O4. The van der Waals surface area contributed by atoms with Crippen molar-refractivity contribution in [3.05, 3.63) is 0 Å². The quantitative estimate of drug-likeness (QED) is 0.501. The number of hydrogen-bond donors (Lipinski definition) is 3. The predicted molar refractivity (Wildman–Crippen MR) is 137 cm³/mol. The van der Waals surface area contributed by atoms with Gasteiger partial charge in [-0.25, -0.2) is 0 Å². The molecule has 204 valence electrons. The van der Waals surface area contributed by atoms with E-state index in [2.05, 4.69) is 16.0 Å². The molecule has 0 aromatic carbocycles. The van der Waals surface area contributed by atoms with Gasteiger partial charge >= 0.3 is 0 Å². The van der Waals surface area contributed by atoms with E-state index in [1.807, 2.05) is 16.9 Å². The van der Waals surface area contributed by atoms with Gasteiger partial charge in [-0.15, -0.1) is 0 Å². The second-order valence-corrected chi connectivity index (χ2v) is 11.6. The Morgan fingerprint density at radius 2 is 1.44 bits per heavy atom. The first-order valence-corrected chi connectivity index (χ1v) is 14.6. The highest BCUT2D eigenvalue weighted by Gasteiger charge is 2.35. The van der Waals surface area contributed by atoms with E-state index in [0.717, 1.165) is 57.5 Å². The Kier molecular flexibility index (Phi) is 9.17. The number of nitrogens with zero attached hydrogens (tertiary/aromatic N) is 2. The van der Waals surface area contributed by atoms with Gasteiger partial charge in [-0.3, -0.25) is 25.5 Å². The van der Waals surface area contributed by atoms with Crippen LogP contribution in [0.15, 0.2) is 0 Å². The summed E-state index contributed by atoms with van der Waals surface area (Å²) in [6.07, 6.45) is 11.1. The highest BCUT2D eigenvalue weighted by atomic mass is 16.5. The maximum atomic E-state index is 13.2. The molecule has 2 aliphatic carbocycles. The Bertz CT molecular complexity index is 716. The number of amides is 2. The molecule has 2 saturated carbocycles. The van der Waals surface area contributed by atoms with Crippen LogP contribution in [0, 0.1) is 17.8 Å². The zero-order valence-corrected chi connectivity index (χ0v) is 22.1. The molecule has 9 heteroatoms. The Morgan fingerprint density at radius 1 is 0.806 bits per heavy atom. The van der Waals surface area contributed by atoms with Crippen molar-refractivity contribution in [2.45, 2.75) is 88.7 Å². The highest BCUT2D eigenvalue weighted by molar-refractivity contribution is 5.82. The summed E-state index contributed by atoms with van der Waals surface area (Å²) in [6.45, 7) is 5.41. The zero-order valence-electron chi connectivity index (χ0n) is 22.1. The smallest absolute Gasteiger partial charge is 0.251 e. The normalized spacial score (nSPS) is 38.2. The second-order valence-electron chi connectivity index (χ2n) is 11.6. The Morgan fingerprint density at radius 3 is 2.03 bits per heavy atom. The minimum absolute atomic E-state index is 0.112. The molecule has 0 aromatic heterocycles. The first kappa shape index (κ1) is 26.4. The number of carbonyl (C=O) groups excluding carboxylic acids is 2. The van der Waals surface area contributed by atoms with E-state index in [-0.39, 0.29) is 30.1 Å². The fraction of sp³-hybridized carbons (Fsp3) is 0.926. The molecule has 3 N–H and O–H groups in total. The average molecular weight is 506 g/mol. The van der Waals surface area contributed by atoms with Crippen molar-refractivity contribution in [3.8, 4) is 0 Å². The predicted octanol–water partition coefficient (Wildman–Crippen LogP) is 1.28. The van der Waals surface area contributed by atoms with E-state index >= 15 is 0 Å². The van der Waals surface area contributed by atoms with Crippen LogP contribution >= 0.6 is 0 Å². The van der Waals surface area contributed by atoms with Crippen LogP contribution in [-0.4, -0.2) is 99.1 Å². The summed E-state index contributed by atoms with van der Waals surface area (Å²) in [4.78, 5) is 29.6. The fourth-order valence-corrected chi connectivity index (χ4v) is 7.05. The molecule has 0 spiro atoms. The summed E-state index contributed by atoms with van der Waals surface area (Å²) >= 11 is 0. The van der Waals surface area contributed by atoms with Crippen molar-refractivity contribution in [2.24, 2.45) is 17.8 Å². The lowest BCUT2D eigenvalue weighted by atomic mass is 9.78. The summed E-state index contributed by atoms with van der Waals surface area (Å²) in [7, 11) is 1.84. The molecule has 0 radical (unpaired) electrons. The molecule has 0 bridgehead atoms. The fourth-order valence-electron chi connectivity index (χ4n) is 7.05. The standard InChI is InChI=1S/C27H47N5O4/c1-35-23-10-6-19(7-11-23)21-17-28-27(29-18-21)30-22-8-4-20(5-9-22)25(33)31-12-14-32(15-13-31)26(34)24-3-2-16-36-24/h19-24,27-30H,2-18H2,1H3. The van der Waals surface area contributed by atoms with E-state index in [0.29, 0.717) is 50.8 Å². The molecule has 3 heterocycles. The molecule has 9 nitrogen and oxygen atoms in total. The van der Waals surface area contributed by atoms with Crippen LogP contribution in [-0.2, 0) is 19.1 Å². The first-order chi connectivity index (χ1) is 17.6. The minimum Gasteiger partial charge on any atom is -0.381 e. The Labute approximate surface area is 216 Å². The van der Waals surface area contributed by atoms with Crippen LogP contribution < -0.4 is 16.0 Å². The molecule has 1 unspecified atom stereocenters. The Balaban J connectivity index is 0.975. The van der Waals surface area contributed by atoms with Crippen molar-refractivity contribution in [2.75, 3.05) is 53.0 Å². The molecule has 36 heavy (non-hydrogen) atoms. The molecule has 0 aromatic rings. The molecule has 5 fully saturated rings. The van der Waals surface area contributed by atoms with Gasteiger partial charge in [0.05, 0.1) is 6.10 Å². The van der Waals surface area contributed by atoms with Gasteiger partial charge in [0.25, 0.3) is 5.91 Å². The van der Waals surface area contributed by atoms with Crippen LogP contribution in [0.1, 0.15) is 64.2 Å². The Hall–Kier alpha value is -1.26. The van der Waals surface area contributed by atoms with Gasteiger partial charge in [0.2, 0.25) is 5.91 Å². The van der Waals surface area contributed by atoms with Crippen LogP contribution in [0.5, 0.6) is 0 Å². The second kappa shape index (κ2) is 12.5. The van der Waals surface area contributed by atoms with E-state index < -0.39 is 0 Å². The molecule has 2 amide bonds. The number of carbonyl (C=O) groups is 2. The van der Waals surface area contributed by atoms with Gasteiger partial charge in [-0.05, 0) is 76.0 Å². The van der Waals surface area contributed by atoms with Crippen LogP contribution in [0.2, 0.25) is 0 Å². The van der Waals surface area contributed by atoms with Crippen LogP contribution in [0.25, 0.3) is 0 Å². The zero-order chi connectivity index (χ0) is 24.9. The van der Waals surface area contributed by atoms with E-state index in [1.165, 1.54) is 25.7 Å². The maximum absolute atomic E-state index is 13.2. The van der Waals surface area contributed by atoms with Crippen molar-refractivity contribution in [1.82, 2.24) is 25.8 Å². The monoisotopic (exact) mass is 505 g/mol. The van der Waals surface area contributed by atoms with Gasteiger partial charge in [0.1, 0.15) is 12.4 Å². The third kappa shape index (κ3) is 6.41. The van der Waals surface area contributed by atoms with Crippen LogP contribution in [0.3, 0.4) is 0 Å². The molecule has 3 saturated heterocycles. The summed E-state index contributed by atoms with van der Waals surface area (Å²) in [5.41, 5.74) is 0. The topological polar surface area (TPSA) is 95.2 Å². The highest BCUT2D eigenvalue weighted by Crippen LogP contribution is 2.32. The molecule has 5 aliphatic rings. The lowest BCUT2D eigenvalue weighted by Gasteiger charge is -2.41. The molecule has 3 aliphatic heterocycles. The van der Waals surface area contributed by atoms with Crippen molar-refractivity contribution >= 4 is 11.8 Å². The van der Waals surface area contributed by atoms with Gasteiger partial charge in [0.15, 0.2) is 0 Å². The minimum atomic E-state index is -0.259. The summed E-state index contributed by atoms with van der Waals surface area (Å²) in [5.74, 6) is 2.03.